The van der Waals surface area contributed by atoms with Crippen molar-refractivity contribution in [1.82, 2.24) is 10.6 Å². The van der Waals surface area contributed by atoms with Crippen LogP contribution < -0.4 is 10.6 Å². The minimum atomic E-state index is 0.0538. The molecule has 1 heterocycles. The molecule has 1 atom stereocenters. The molecule has 1 aliphatic carbocycles. The highest BCUT2D eigenvalue weighted by molar-refractivity contribution is 5.82. The van der Waals surface area contributed by atoms with Crippen LogP contribution in [0.4, 0.5) is 0 Å². The molecule has 1 aliphatic heterocycles. The van der Waals surface area contributed by atoms with E-state index in [9.17, 15) is 4.79 Å². The molecule has 1 unspecified atom stereocenters. The van der Waals surface area contributed by atoms with Crippen LogP contribution in [0, 0.1) is 10.8 Å². The molecular formula is C15H28N2O. The summed E-state index contributed by atoms with van der Waals surface area (Å²) in [4.78, 5) is 12.2. The predicted octanol–water partition coefficient (Wildman–Crippen LogP) is 2.46. The number of carbonyl (C=O) groups is 1. The maximum absolute atomic E-state index is 12.2. The van der Waals surface area contributed by atoms with Crippen LogP contribution in [0.3, 0.4) is 0 Å². The molecule has 1 amide bonds. The third-order valence-electron chi connectivity index (χ3n) is 4.28. The van der Waals surface area contributed by atoms with Gasteiger partial charge in [0.25, 0.3) is 0 Å². The highest BCUT2D eigenvalue weighted by Crippen LogP contribution is 2.45. The molecule has 1 saturated heterocycles. The number of hydrogen-bond donors (Lipinski definition) is 2. The van der Waals surface area contributed by atoms with E-state index in [2.05, 4.69) is 38.3 Å². The average Bonchev–Trinajstić information content (AvgIpc) is 2.63. The fraction of sp³-hybridized carbons (Fsp3) is 0.933. The van der Waals surface area contributed by atoms with E-state index in [1.165, 1.54) is 6.42 Å². The van der Waals surface area contributed by atoms with Crippen molar-refractivity contribution in [3.8, 4) is 0 Å². The van der Waals surface area contributed by atoms with Gasteiger partial charge in [0.2, 0.25) is 5.91 Å². The first-order chi connectivity index (χ1) is 8.27. The Morgan fingerprint density at radius 1 is 1.17 bits per heavy atom. The van der Waals surface area contributed by atoms with Crippen LogP contribution in [0.1, 0.15) is 59.8 Å². The Hall–Kier alpha value is -0.570. The van der Waals surface area contributed by atoms with E-state index in [1.54, 1.807) is 0 Å². The van der Waals surface area contributed by atoms with Crippen LogP contribution in [0.2, 0.25) is 0 Å². The molecule has 0 aromatic carbocycles. The van der Waals surface area contributed by atoms with E-state index in [0.29, 0.717) is 16.9 Å². The maximum atomic E-state index is 12.2. The van der Waals surface area contributed by atoms with Crippen molar-refractivity contribution in [1.29, 1.82) is 0 Å². The van der Waals surface area contributed by atoms with E-state index in [0.717, 1.165) is 32.2 Å². The monoisotopic (exact) mass is 252 g/mol. The predicted molar refractivity (Wildman–Crippen MR) is 74.4 cm³/mol. The smallest absolute Gasteiger partial charge is 0.237 e. The molecule has 3 nitrogen and oxygen atoms in total. The van der Waals surface area contributed by atoms with Gasteiger partial charge in [-0.25, -0.2) is 0 Å². The molecule has 2 fully saturated rings. The van der Waals surface area contributed by atoms with E-state index in [4.69, 9.17) is 0 Å². The second kappa shape index (κ2) is 4.84. The minimum absolute atomic E-state index is 0.0538. The molecule has 2 aliphatic rings. The lowest BCUT2D eigenvalue weighted by Gasteiger charge is -2.45. The number of nitrogens with one attached hydrogen (secondary N) is 2. The topological polar surface area (TPSA) is 41.1 Å². The van der Waals surface area contributed by atoms with Gasteiger partial charge in [-0.1, -0.05) is 27.7 Å². The summed E-state index contributed by atoms with van der Waals surface area (Å²) in [6, 6.07) is 0.400. The van der Waals surface area contributed by atoms with Crippen LogP contribution in [0.25, 0.3) is 0 Å². The van der Waals surface area contributed by atoms with Gasteiger partial charge in [-0.15, -0.1) is 0 Å². The third-order valence-corrected chi connectivity index (χ3v) is 4.28. The molecule has 0 spiro atoms. The summed E-state index contributed by atoms with van der Waals surface area (Å²) in [7, 11) is 0. The quantitative estimate of drug-likeness (QED) is 0.792. The zero-order valence-electron chi connectivity index (χ0n) is 12.3. The van der Waals surface area contributed by atoms with Crippen LogP contribution in [-0.2, 0) is 4.79 Å². The Bertz CT molecular complexity index is 300. The normalized spacial score (nSPS) is 31.2. The summed E-state index contributed by atoms with van der Waals surface area (Å²) >= 11 is 0. The lowest BCUT2D eigenvalue weighted by molar-refractivity contribution is -0.124. The lowest BCUT2D eigenvalue weighted by Crippen LogP contribution is -2.50. The van der Waals surface area contributed by atoms with Crippen molar-refractivity contribution in [3.63, 3.8) is 0 Å². The Balaban J connectivity index is 1.94. The second-order valence-electron chi connectivity index (χ2n) is 7.77. The van der Waals surface area contributed by atoms with Crippen LogP contribution in [0.15, 0.2) is 0 Å². The summed E-state index contributed by atoms with van der Waals surface area (Å²) in [5, 5.41) is 6.55. The van der Waals surface area contributed by atoms with Crippen LogP contribution >= 0.6 is 0 Å². The van der Waals surface area contributed by atoms with Crippen molar-refractivity contribution < 1.29 is 4.79 Å². The standard InChI is InChI=1S/C15H28N2O/c1-14(2)8-11(9-15(3,4)10-14)17-13(18)12-6-5-7-16-12/h11-12,16H,5-10H2,1-4H3,(H,17,18). The number of amides is 1. The van der Waals surface area contributed by atoms with Gasteiger partial charge in [-0.3, -0.25) is 4.79 Å². The van der Waals surface area contributed by atoms with Crippen molar-refractivity contribution >= 4 is 5.91 Å². The van der Waals surface area contributed by atoms with E-state index >= 15 is 0 Å². The molecule has 3 heteroatoms. The van der Waals surface area contributed by atoms with Crippen LogP contribution in [-0.4, -0.2) is 24.5 Å². The van der Waals surface area contributed by atoms with Gasteiger partial charge in [-0.2, -0.15) is 0 Å². The fourth-order valence-electron chi connectivity index (χ4n) is 4.16. The molecule has 18 heavy (non-hydrogen) atoms. The van der Waals surface area contributed by atoms with Crippen molar-refractivity contribution in [3.05, 3.63) is 0 Å². The van der Waals surface area contributed by atoms with E-state index in [1.807, 2.05) is 0 Å². The number of hydrogen-bond acceptors (Lipinski definition) is 2. The SMILES string of the molecule is CC1(C)CC(NC(=O)C2CCCN2)CC(C)(C)C1. The van der Waals surface area contributed by atoms with Crippen molar-refractivity contribution in [2.75, 3.05) is 6.54 Å². The lowest BCUT2D eigenvalue weighted by atomic mass is 9.63. The average molecular weight is 252 g/mol. The summed E-state index contributed by atoms with van der Waals surface area (Å²) in [5.74, 6) is 0.214. The summed E-state index contributed by atoms with van der Waals surface area (Å²) in [6.45, 7) is 10.3. The molecule has 0 aromatic rings. The van der Waals surface area contributed by atoms with Gasteiger partial charge in [0.1, 0.15) is 0 Å². The summed E-state index contributed by atoms with van der Waals surface area (Å²) in [6.07, 6.45) is 5.57. The molecular weight excluding hydrogens is 224 g/mol. The highest BCUT2D eigenvalue weighted by Gasteiger charge is 2.39. The number of rotatable bonds is 2. The number of carbonyl (C=O) groups excluding carboxylic acids is 1. The molecule has 1 saturated carbocycles. The Kier molecular flexibility index (Phi) is 3.72. The van der Waals surface area contributed by atoms with Gasteiger partial charge >= 0.3 is 0 Å². The first kappa shape index (κ1) is 13.9. The molecule has 104 valence electrons. The highest BCUT2D eigenvalue weighted by atomic mass is 16.2. The molecule has 0 aromatic heterocycles. The summed E-state index contributed by atoms with van der Waals surface area (Å²) in [5.41, 5.74) is 0.672. The first-order valence-corrected chi connectivity index (χ1v) is 7.31. The maximum Gasteiger partial charge on any atom is 0.237 e. The van der Waals surface area contributed by atoms with Crippen molar-refractivity contribution in [2.45, 2.75) is 71.9 Å². The molecule has 2 rings (SSSR count). The summed E-state index contributed by atoms with van der Waals surface area (Å²) < 4.78 is 0. The van der Waals surface area contributed by atoms with Gasteiger partial charge in [0.15, 0.2) is 0 Å². The van der Waals surface area contributed by atoms with Gasteiger partial charge in [-0.05, 0) is 49.5 Å². The first-order valence-electron chi connectivity index (χ1n) is 7.31. The minimum Gasteiger partial charge on any atom is -0.352 e. The Morgan fingerprint density at radius 2 is 1.78 bits per heavy atom. The molecule has 0 bridgehead atoms. The van der Waals surface area contributed by atoms with E-state index < -0.39 is 0 Å². The largest absolute Gasteiger partial charge is 0.352 e. The van der Waals surface area contributed by atoms with E-state index in [-0.39, 0.29) is 11.9 Å². The van der Waals surface area contributed by atoms with Gasteiger partial charge in [0, 0.05) is 6.04 Å². The van der Waals surface area contributed by atoms with Crippen molar-refractivity contribution in [2.24, 2.45) is 10.8 Å². The Morgan fingerprint density at radius 3 is 2.28 bits per heavy atom. The third kappa shape index (κ3) is 3.47. The van der Waals surface area contributed by atoms with Gasteiger partial charge in [0.05, 0.1) is 6.04 Å². The zero-order valence-corrected chi connectivity index (χ0v) is 12.3. The Labute approximate surface area is 111 Å². The van der Waals surface area contributed by atoms with Crippen LogP contribution in [0.5, 0.6) is 0 Å². The zero-order chi connectivity index (χ0) is 13.4. The fourth-order valence-corrected chi connectivity index (χ4v) is 4.16. The van der Waals surface area contributed by atoms with Gasteiger partial charge < -0.3 is 10.6 Å². The second-order valence-corrected chi connectivity index (χ2v) is 7.77. The molecule has 2 N–H and O–H groups in total. The molecule has 0 radical (unpaired) electrons.